The molecule has 98 valence electrons. The maximum Gasteiger partial charge on any atom is 0.237 e. The maximum atomic E-state index is 11.8. The van der Waals surface area contributed by atoms with Gasteiger partial charge in [0.2, 0.25) is 5.91 Å². The van der Waals surface area contributed by atoms with E-state index in [9.17, 15) is 9.90 Å². The SMILES string of the molecule is CCC(CC)(CO)CNC(=O)C(C#N)C(C)C. The average molecular weight is 240 g/mol. The van der Waals surface area contributed by atoms with Crippen molar-refractivity contribution in [1.29, 1.82) is 5.26 Å². The van der Waals surface area contributed by atoms with E-state index in [0.29, 0.717) is 6.54 Å². The minimum Gasteiger partial charge on any atom is -0.396 e. The topological polar surface area (TPSA) is 73.1 Å². The van der Waals surface area contributed by atoms with Gasteiger partial charge in [-0.2, -0.15) is 5.26 Å². The number of hydrogen-bond acceptors (Lipinski definition) is 3. The summed E-state index contributed by atoms with van der Waals surface area (Å²) in [6, 6.07) is 2.02. The van der Waals surface area contributed by atoms with Gasteiger partial charge in [-0.3, -0.25) is 4.79 Å². The van der Waals surface area contributed by atoms with Gasteiger partial charge in [-0.1, -0.05) is 27.7 Å². The Bertz CT molecular complexity index is 269. The van der Waals surface area contributed by atoms with Crippen LogP contribution in [-0.4, -0.2) is 24.2 Å². The van der Waals surface area contributed by atoms with Crippen molar-refractivity contribution >= 4 is 5.91 Å². The van der Waals surface area contributed by atoms with E-state index in [2.05, 4.69) is 5.32 Å². The Balaban J connectivity index is 4.46. The molecule has 17 heavy (non-hydrogen) atoms. The van der Waals surface area contributed by atoms with Crippen LogP contribution in [0.25, 0.3) is 0 Å². The standard InChI is InChI=1S/C13H24N2O2/c1-5-13(6-2,9-16)8-15-12(17)11(7-14)10(3)4/h10-11,16H,5-6,8-9H2,1-4H3,(H,15,17). The first-order valence-electron chi connectivity index (χ1n) is 6.24. The molecule has 0 bridgehead atoms. The van der Waals surface area contributed by atoms with Crippen LogP contribution in [0.5, 0.6) is 0 Å². The summed E-state index contributed by atoms with van der Waals surface area (Å²) in [6.45, 7) is 8.18. The van der Waals surface area contributed by atoms with Crippen LogP contribution in [0.1, 0.15) is 40.5 Å². The van der Waals surface area contributed by atoms with Crippen LogP contribution in [0.2, 0.25) is 0 Å². The zero-order chi connectivity index (χ0) is 13.5. The number of nitrogens with one attached hydrogen (secondary N) is 1. The number of carbonyl (C=O) groups is 1. The van der Waals surface area contributed by atoms with Crippen LogP contribution < -0.4 is 5.32 Å². The fourth-order valence-electron chi connectivity index (χ4n) is 1.67. The number of amides is 1. The second-order valence-corrected chi connectivity index (χ2v) is 4.93. The first kappa shape index (κ1) is 15.9. The number of aliphatic hydroxyl groups is 1. The highest BCUT2D eigenvalue weighted by molar-refractivity contribution is 5.81. The van der Waals surface area contributed by atoms with Crippen molar-refractivity contribution in [1.82, 2.24) is 5.32 Å². The number of nitrogens with zero attached hydrogens (tertiary/aromatic N) is 1. The van der Waals surface area contributed by atoms with Crippen LogP contribution in [0, 0.1) is 28.6 Å². The monoisotopic (exact) mass is 240 g/mol. The molecule has 1 amide bonds. The van der Waals surface area contributed by atoms with Crippen LogP contribution in [0.3, 0.4) is 0 Å². The summed E-state index contributed by atoms with van der Waals surface area (Å²) in [7, 11) is 0. The summed E-state index contributed by atoms with van der Waals surface area (Å²) in [5, 5.41) is 21.1. The lowest BCUT2D eigenvalue weighted by molar-refractivity contribution is -0.125. The Morgan fingerprint density at radius 3 is 2.24 bits per heavy atom. The molecule has 0 heterocycles. The summed E-state index contributed by atoms with van der Waals surface area (Å²) < 4.78 is 0. The molecule has 0 fully saturated rings. The molecule has 0 aromatic heterocycles. The third-order valence-corrected chi connectivity index (χ3v) is 3.56. The Labute approximate surface area is 104 Å². The smallest absolute Gasteiger partial charge is 0.237 e. The van der Waals surface area contributed by atoms with E-state index in [1.54, 1.807) is 0 Å². The molecule has 0 aliphatic carbocycles. The fraction of sp³-hybridized carbons (Fsp3) is 0.846. The minimum absolute atomic E-state index is 0.00628. The van der Waals surface area contributed by atoms with Gasteiger partial charge < -0.3 is 10.4 Å². The summed E-state index contributed by atoms with van der Waals surface area (Å²) in [5.41, 5.74) is -0.257. The van der Waals surface area contributed by atoms with E-state index in [-0.39, 0.29) is 23.8 Å². The van der Waals surface area contributed by atoms with E-state index in [4.69, 9.17) is 5.26 Å². The van der Waals surface area contributed by atoms with Gasteiger partial charge in [0.05, 0.1) is 12.7 Å². The summed E-state index contributed by atoms with van der Waals surface area (Å²) >= 11 is 0. The zero-order valence-corrected chi connectivity index (χ0v) is 11.3. The van der Waals surface area contributed by atoms with Crippen LogP contribution >= 0.6 is 0 Å². The van der Waals surface area contributed by atoms with E-state index in [1.807, 2.05) is 33.8 Å². The lowest BCUT2D eigenvalue weighted by Gasteiger charge is -2.30. The van der Waals surface area contributed by atoms with Crippen molar-refractivity contribution in [2.24, 2.45) is 17.3 Å². The highest BCUT2D eigenvalue weighted by atomic mass is 16.3. The molecule has 0 saturated heterocycles. The quantitative estimate of drug-likeness (QED) is 0.711. The molecule has 0 aromatic carbocycles. The summed E-state index contributed by atoms with van der Waals surface area (Å²) in [5.74, 6) is -0.839. The molecule has 4 nitrogen and oxygen atoms in total. The minimum atomic E-state index is -0.611. The second-order valence-electron chi connectivity index (χ2n) is 4.93. The first-order chi connectivity index (χ1) is 7.96. The van der Waals surface area contributed by atoms with Crippen LogP contribution in [-0.2, 0) is 4.79 Å². The molecular formula is C13H24N2O2. The number of rotatable bonds is 7. The molecule has 0 radical (unpaired) electrons. The number of hydrogen-bond donors (Lipinski definition) is 2. The highest BCUT2D eigenvalue weighted by Gasteiger charge is 2.28. The number of carbonyl (C=O) groups excluding carboxylic acids is 1. The molecule has 0 saturated carbocycles. The summed E-state index contributed by atoms with van der Waals surface area (Å²) in [6.07, 6.45) is 1.61. The predicted octanol–water partition coefficient (Wildman–Crippen LogP) is 1.70. The van der Waals surface area contributed by atoms with Gasteiger partial charge in [-0.05, 0) is 18.8 Å². The Kier molecular flexibility index (Phi) is 6.82. The van der Waals surface area contributed by atoms with E-state index < -0.39 is 5.92 Å². The molecule has 0 aliphatic heterocycles. The molecule has 1 atom stereocenters. The van der Waals surface area contributed by atoms with Crippen molar-refractivity contribution in [3.05, 3.63) is 0 Å². The Morgan fingerprint density at radius 2 is 1.94 bits per heavy atom. The molecule has 0 aromatic rings. The van der Waals surface area contributed by atoms with Gasteiger partial charge in [0.1, 0.15) is 5.92 Å². The second kappa shape index (κ2) is 7.29. The van der Waals surface area contributed by atoms with Gasteiger partial charge >= 0.3 is 0 Å². The van der Waals surface area contributed by atoms with Gasteiger partial charge in [0, 0.05) is 12.0 Å². The van der Waals surface area contributed by atoms with Crippen LogP contribution in [0.15, 0.2) is 0 Å². The van der Waals surface area contributed by atoms with Crippen molar-refractivity contribution in [2.75, 3.05) is 13.2 Å². The fourth-order valence-corrected chi connectivity index (χ4v) is 1.67. The Hall–Kier alpha value is -1.08. The first-order valence-corrected chi connectivity index (χ1v) is 6.24. The summed E-state index contributed by atoms with van der Waals surface area (Å²) in [4.78, 5) is 11.8. The maximum absolute atomic E-state index is 11.8. The largest absolute Gasteiger partial charge is 0.396 e. The molecule has 0 rings (SSSR count). The molecule has 1 unspecified atom stereocenters. The van der Waals surface area contributed by atoms with Gasteiger partial charge in [0.15, 0.2) is 0 Å². The lowest BCUT2D eigenvalue weighted by Crippen LogP contribution is -2.42. The van der Waals surface area contributed by atoms with E-state index >= 15 is 0 Å². The zero-order valence-electron chi connectivity index (χ0n) is 11.3. The average Bonchev–Trinajstić information content (AvgIpc) is 2.32. The van der Waals surface area contributed by atoms with Gasteiger partial charge in [-0.15, -0.1) is 0 Å². The normalized spacial score (nSPS) is 13.2. The number of aliphatic hydroxyl groups excluding tert-OH is 1. The molecule has 0 aliphatic rings. The predicted molar refractivity (Wildman–Crippen MR) is 67.1 cm³/mol. The van der Waals surface area contributed by atoms with Crippen LogP contribution in [0.4, 0.5) is 0 Å². The lowest BCUT2D eigenvalue weighted by atomic mass is 9.83. The molecular weight excluding hydrogens is 216 g/mol. The third-order valence-electron chi connectivity index (χ3n) is 3.56. The highest BCUT2D eigenvalue weighted by Crippen LogP contribution is 2.24. The number of nitriles is 1. The molecule has 2 N–H and O–H groups in total. The molecule has 0 spiro atoms. The van der Waals surface area contributed by atoms with Crippen molar-refractivity contribution in [3.63, 3.8) is 0 Å². The van der Waals surface area contributed by atoms with E-state index in [0.717, 1.165) is 12.8 Å². The Morgan fingerprint density at radius 1 is 1.41 bits per heavy atom. The van der Waals surface area contributed by atoms with E-state index in [1.165, 1.54) is 0 Å². The van der Waals surface area contributed by atoms with Crippen molar-refractivity contribution in [3.8, 4) is 6.07 Å². The third kappa shape index (κ3) is 4.35. The molecule has 4 heteroatoms. The van der Waals surface area contributed by atoms with Gasteiger partial charge in [0.25, 0.3) is 0 Å². The van der Waals surface area contributed by atoms with Gasteiger partial charge in [-0.25, -0.2) is 0 Å². The van der Waals surface area contributed by atoms with Crippen molar-refractivity contribution < 1.29 is 9.90 Å². The van der Waals surface area contributed by atoms with Crippen molar-refractivity contribution in [2.45, 2.75) is 40.5 Å².